The van der Waals surface area contributed by atoms with E-state index in [0.29, 0.717) is 5.56 Å². The molecule has 170 valence electrons. The van der Waals surface area contributed by atoms with Gasteiger partial charge in [0.1, 0.15) is 0 Å². The number of benzene rings is 2. The number of aromatic amines is 2. The number of aryl methyl sites for hydroxylation is 1. The number of rotatable bonds is 5. The van der Waals surface area contributed by atoms with Gasteiger partial charge in [0.05, 0.1) is 16.7 Å². The fourth-order valence-corrected chi connectivity index (χ4v) is 4.71. The zero-order valence-electron chi connectivity index (χ0n) is 19.6. The number of Topliss-reactive ketones (excluding diaryl/α,β-unsaturated/α-hetero) is 1. The van der Waals surface area contributed by atoms with Crippen molar-refractivity contribution in [2.45, 2.75) is 13.8 Å². The van der Waals surface area contributed by atoms with E-state index in [2.05, 4.69) is 50.3 Å². The maximum atomic E-state index is 12.6. The summed E-state index contributed by atoms with van der Waals surface area (Å²) in [5.74, 6) is 0.778. The number of carbonyl (C=O) groups is 1. The lowest BCUT2D eigenvalue weighted by Gasteiger charge is -2.34. The maximum Gasteiger partial charge on any atom is 0.162 e. The minimum atomic E-state index is 0.0381. The fraction of sp³-hybridized carbons (Fsp3) is 0.308. The molecule has 2 aromatic carbocycles. The highest BCUT2D eigenvalue weighted by molar-refractivity contribution is 6.06. The summed E-state index contributed by atoms with van der Waals surface area (Å²) in [6, 6.07) is 14.5. The smallest absolute Gasteiger partial charge is 0.162 e. The number of carbonyl (C=O) groups excluding carboxylic acids is 1. The van der Waals surface area contributed by atoms with Gasteiger partial charge in [-0.05, 0) is 56.8 Å². The third kappa shape index (κ3) is 3.89. The van der Waals surface area contributed by atoms with Crippen LogP contribution in [0.15, 0.2) is 42.5 Å². The molecule has 7 nitrogen and oxygen atoms in total. The summed E-state index contributed by atoms with van der Waals surface area (Å²) in [7, 11) is 4.06. The van der Waals surface area contributed by atoms with Crippen LogP contribution in [0.1, 0.15) is 23.0 Å². The van der Waals surface area contributed by atoms with Gasteiger partial charge in [0, 0.05) is 61.4 Å². The summed E-state index contributed by atoms with van der Waals surface area (Å²) in [6.45, 7) is 7.74. The Morgan fingerprint density at radius 2 is 1.76 bits per heavy atom. The number of ketones is 1. The van der Waals surface area contributed by atoms with Crippen molar-refractivity contribution in [2.24, 2.45) is 0 Å². The number of nitrogens with zero attached hydrogens (tertiary/aromatic N) is 3. The van der Waals surface area contributed by atoms with Crippen LogP contribution in [-0.2, 0) is 0 Å². The molecule has 3 N–H and O–H groups in total. The van der Waals surface area contributed by atoms with Gasteiger partial charge in [-0.1, -0.05) is 12.1 Å². The lowest BCUT2D eigenvalue weighted by Crippen LogP contribution is -2.44. The number of aromatic nitrogens is 3. The van der Waals surface area contributed by atoms with Crippen molar-refractivity contribution in [3.63, 3.8) is 0 Å². The Hall–Kier alpha value is -3.58. The van der Waals surface area contributed by atoms with Gasteiger partial charge in [0.25, 0.3) is 0 Å². The topological polar surface area (TPSA) is 80.1 Å². The lowest BCUT2D eigenvalue weighted by molar-refractivity contribution is 0.101. The van der Waals surface area contributed by atoms with Gasteiger partial charge in [0.2, 0.25) is 0 Å². The summed E-state index contributed by atoms with van der Waals surface area (Å²) in [4.78, 5) is 29.2. The number of anilines is 2. The molecule has 1 saturated heterocycles. The quantitative estimate of drug-likeness (QED) is 0.396. The van der Waals surface area contributed by atoms with E-state index in [0.717, 1.165) is 71.2 Å². The first kappa shape index (κ1) is 21.3. The number of imidazole rings is 1. The number of H-pyrrole nitrogens is 2. The molecule has 0 atom stereocenters. The van der Waals surface area contributed by atoms with Crippen molar-refractivity contribution >= 4 is 28.2 Å². The van der Waals surface area contributed by atoms with Crippen LogP contribution in [0.2, 0.25) is 0 Å². The second-order valence-corrected chi connectivity index (χ2v) is 8.84. The van der Waals surface area contributed by atoms with Crippen molar-refractivity contribution < 1.29 is 4.79 Å². The van der Waals surface area contributed by atoms with E-state index in [1.165, 1.54) is 5.69 Å². The molecule has 0 aliphatic carbocycles. The highest BCUT2D eigenvalue weighted by Crippen LogP contribution is 2.37. The second kappa shape index (κ2) is 8.41. The molecular formula is C26H30N6O. The van der Waals surface area contributed by atoms with Crippen LogP contribution in [-0.4, -0.2) is 65.9 Å². The molecule has 2 aromatic heterocycles. The van der Waals surface area contributed by atoms with E-state index in [-0.39, 0.29) is 5.78 Å². The number of hydrogen-bond acceptors (Lipinski definition) is 5. The van der Waals surface area contributed by atoms with Crippen LogP contribution >= 0.6 is 0 Å². The molecule has 3 heterocycles. The molecule has 0 unspecified atom stereocenters. The standard InChI is InChI=1S/C26H30N6O/c1-16-23(17(2)33)24(18-5-7-19(27-3)8-6-18)25(28-16)26-29-21-10-9-20(15-22(21)30-26)32-13-11-31(4)12-14-32/h5-10,15,27-28H,11-14H2,1-4H3,(H,29,30). The van der Waals surface area contributed by atoms with Crippen LogP contribution in [0.3, 0.4) is 0 Å². The van der Waals surface area contributed by atoms with Crippen LogP contribution in [0, 0.1) is 6.92 Å². The molecule has 4 aromatic rings. The number of piperazine rings is 1. The third-order valence-corrected chi connectivity index (χ3v) is 6.57. The van der Waals surface area contributed by atoms with E-state index < -0.39 is 0 Å². The van der Waals surface area contributed by atoms with Gasteiger partial charge in [-0.2, -0.15) is 0 Å². The molecule has 0 radical (unpaired) electrons. The monoisotopic (exact) mass is 442 g/mol. The largest absolute Gasteiger partial charge is 0.388 e. The molecular weight excluding hydrogens is 412 g/mol. The van der Waals surface area contributed by atoms with E-state index in [9.17, 15) is 4.79 Å². The Kier molecular flexibility index (Phi) is 5.42. The summed E-state index contributed by atoms with van der Waals surface area (Å²) in [6.07, 6.45) is 0. The number of likely N-dealkylation sites (N-methyl/N-ethyl adjacent to an activating group) is 1. The van der Waals surface area contributed by atoms with Crippen molar-refractivity contribution in [3.05, 3.63) is 53.7 Å². The van der Waals surface area contributed by atoms with Gasteiger partial charge in [-0.25, -0.2) is 4.98 Å². The molecule has 7 heteroatoms. The first-order valence-electron chi connectivity index (χ1n) is 11.4. The lowest BCUT2D eigenvalue weighted by atomic mass is 9.97. The zero-order valence-corrected chi connectivity index (χ0v) is 19.6. The summed E-state index contributed by atoms with van der Waals surface area (Å²) in [5, 5.41) is 3.15. The minimum absolute atomic E-state index is 0.0381. The summed E-state index contributed by atoms with van der Waals surface area (Å²) in [5.41, 5.74) is 8.42. The minimum Gasteiger partial charge on any atom is -0.388 e. The Morgan fingerprint density at radius 3 is 2.42 bits per heavy atom. The van der Waals surface area contributed by atoms with Crippen LogP contribution in [0.4, 0.5) is 11.4 Å². The molecule has 1 aliphatic rings. The van der Waals surface area contributed by atoms with Crippen molar-refractivity contribution in [3.8, 4) is 22.6 Å². The van der Waals surface area contributed by atoms with Crippen LogP contribution in [0.5, 0.6) is 0 Å². The van der Waals surface area contributed by atoms with Crippen molar-refractivity contribution in [1.29, 1.82) is 0 Å². The number of fused-ring (bicyclic) bond motifs is 1. The number of hydrogen-bond donors (Lipinski definition) is 3. The molecule has 0 bridgehead atoms. The average Bonchev–Trinajstić information content (AvgIpc) is 3.40. The highest BCUT2D eigenvalue weighted by atomic mass is 16.1. The van der Waals surface area contributed by atoms with Gasteiger partial charge in [-0.3, -0.25) is 4.79 Å². The van der Waals surface area contributed by atoms with E-state index >= 15 is 0 Å². The van der Waals surface area contributed by atoms with Gasteiger partial charge in [0.15, 0.2) is 11.6 Å². The summed E-state index contributed by atoms with van der Waals surface area (Å²) < 4.78 is 0. The second-order valence-electron chi connectivity index (χ2n) is 8.84. The maximum absolute atomic E-state index is 12.6. The summed E-state index contributed by atoms with van der Waals surface area (Å²) >= 11 is 0. The molecule has 1 fully saturated rings. The normalized spacial score (nSPS) is 14.7. The average molecular weight is 443 g/mol. The third-order valence-electron chi connectivity index (χ3n) is 6.57. The highest BCUT2D eigenvalue weighted by Gasteiger charge is 2.23. The molecule has 0 saturated carbocycles. The SMILES string of the molecule is CNc1ccc(-c2c(-c3nc4ccc(N5CCN(C)CC5)cc4[nH]3)[nH]c(C)c2C(C)=O)cc1. The first-order chi connectivity index (χ1) is 15.9. The van der Waals surface area contributed by atoms with Crippen molar-refractivity contribution in [1.82, 2.24) is 19.9 Å². The first-order valence-corrected chi connectivity index (χ1v) is 11.4. The predicted molar refractivity (Wildman–Crippen MR) is 135 cm³/mol. The van der Waals surface area contributed by atoms with Crippen LogP contribution < -0.4 is 10.2 Å². The van der Waals surface area contributed by atoms with E-state index in [1.54, 1.807) is 6.92 Å². The Labute approximate surface area is 193 Å². The van der Waals surface area contributed by atoms with E-state index in [1.807, 2.05) is 38.2 Å². The molecule has 0 amide bonds. The number of nitrogens with one attached hydrogen (secondary N) is 3. The van der Waals surface area contributed by atoms with Crippen LogP contribution in [0.25, 0.3) is 33.7 Å². The molecule has 5 rings (SSSR count). The van der Waals surface area contributed by atoms with E-state index in [4.69, 9.17) is 4.98 Å². The van der Waals surface area contributed by atoms with Crippen molar-refractivity contribution in [2.75, 3.05) is 50.5 Å². The Morgan fingerprint density at radius 1 is 1.03 bits per heavy atom. The Balaban J connectivity index is 1.59. The van der Waals surface area contributed by atoms with Gasteiger partial charge in [-0.15, -0.1) is 0 Å². The molecule has 33 heavy (non-hydrogen) atoms. The van der Waals surface area contributed by atoms with Gasteiger partial charge >= 0.3 is 0 Å². The zero-order chi connectivity index (χ0) is 23.1. The Bertz CT molecular complexity index is 1310. The van der Waals surface area contributed by atoms with Gasteiger partial charge < -0.3 is 25.1 Å². The predicted octanol–water partition coefficient (Wildman–Crippen LogP) is 4.53. The fourth-order valence-electron chi connectivity index (χ4n) is 4.71. The molecule has 0 spiro atoms. The molecule has 1 aliphatic heterocycles.